The summed E-state index contributed by atoms with van der Waals surface area (Å²) in [5.41, 5.74) is 1.14. The van der Waals surface area contributed by atoms with Gasteiger partial charge in [-0.1, -0.05) is 42.5 Å². The number of amides is 1. The molecule has 1 atom stereocenters. The number of aliphatic imine (C=N–C) groups is 1. The maximum atomic E-state index is 12.9. The molecule has 0 saturated heterocycles. The Labute approximate surface area is 149 Å². The average molecular weight is 355 g/mol. The van der Waals surface area contributed by atoms with E-state index in [1.807, 2.05) is 18.2 Å². The number of nitrogens with zero attached hydrogens (tertiary/aromatic N) is 2. The molecule has 26 heavy (non-hydrogen) atoms. The predicted molar refractivity (Wildman–Crippen MR) is 94.7 cm³/mol. The monoisotopic (exact) mass is 355 g/mol. The third-order valence-corrected chi connectivity index (χ3v) is 4.02. The molecule has 0 aromatic heterocycles. The van der Waals surface area contributed by atoms with E-state index in [-0.39, 0.29) is 18.1 Å². The molecular formula is C19H18FN3O3. The van der Waals surface area contributed by atoms with Crippen LogP contribution in [0.2, 0.25) is 0 Å². The van der Waals surface area contributed by atoms with Crippen LogP contribution in [0.1, 0.15) is 11.1 Å². The number of hydrogen-bond donors (Lipinski definition) is 3. The zero-order valence-electron chi connectivity index (χ0n) is 14.1. The molecule has 2 aromatic carbocycles. The van der Waals surface area contributed by atoms with E-state index >= 15 is 0 Å². The van der Waals surface area contributed by atoms with E-state index in [0.717, 1.165) is 0 Å². The molecule has 3 N–H and O–H groups in total. The van der Waals surface area contributed by atoms with Crippen LogP contribution in [-0.2, 0) is 11.3 Å². The van der Waals surface area contributed by atoms with Crippen molar-refractivity contribution in [2.24, 2.45) is 4.99 Å². The van der Waals surface area contributed by atoms with E-state index in [9.17, 15) is 19.4 Å². The van der Waals surface area contributed by atoms with E-state index in [1.165, 1.54) is 17.0 Å². The van der Waals surface area contributed by atoms with Crippen LogP contribution in [0.25, 0.3) is 0 Å². The summed E-state index contributed by atoms with van der Waals surface area (Å²) >= 11 is 0. The maximum Gasteiger partial charge on any atom is 0.273 e. The van der Waals surface area contributed by atoms with Crippen LogP contribution >= 0.6 is 0 Å². The summed E-state index contributed by atoms with van der Waals surface area (Å²) in [5, 5.41) is 23.0. The van der Waals surface area contributed by atoms with Gasteiger partial charge in [-0.3, -0.25) is 4.79 Å². The van der Waals surface area contributed by atoms with Crippen LogP contribution in [0, 0.1) is 5.82 Å². The largest absolute Gasteiger partial charge is 0.506 e. The van der Waals surface area contributed by atoms with Gasteiger partial charge in [-0.05, 0) is 17.7 Å². The Morgan fingerprint density at radius 2 is 1.85 bits per heavy atom. The summed E-state index contributed by atoms with van der Waals surface area (Å²) in [7, 11) is 1.57. The summed E-state index contributed by atoms with van der Waals surface area (Å²) in [5.74, 6) is -1.16. The minimum Gasteiger partial charge on any atom is -0.506 e. The zero-order valence-corrected chi connectivity index (χ0v) is 14.1. The van der Waals surface area contributed by atoms with Crippen molar-refractivity contribution in [3.8, 4) is 0 Å². The SMILES string of the molecule is CN1C(c2ccccc2)=NC(C(=O)NCc2ccc(F)cc2)=C(O)C1O. The molecule has 0 bridgehead atoms. The van der Waals surface area contributed by atoms with E-state index in [4.69, 9.17) is 0 Å². The molecule has 6 nitrogen and oxygen atoms in total. The molecule has 1 heterocycles. The van der Waals surface area contributed by atoms with Crippen LogP contribution in [0.5, 0.6) is 0 Å². The summed E-state index contributed by atoms with van der Waals surface area (Å²) < 4.78 is 12.9. The molecule has 1 unspecified atom stereocenters. The number of amidine groups is 1. The van der Waals surface area contributed by atoms with Gasteiger partial charge in [-0.25, -0.2) is 9.38 Å². The van der Waals surface area contributed by atoms with E-state index in [1.54, 1.807) is 31.3 Å². The van der Waals surface area contributed by atoms with Crippen molar-refractivity contribution in [3.05, 3.63) is 83.0 Å². The van der Waals surface area contributed by atoms with Crippen LogP contribution in [0.15, 0.2) is 71.0 Å². The Balaban J connectivity index is 1.83. The van der Waals surface area contributed by atoms with Crippen molar-refractivity contribution >= 4 is 11.7 Å². The third-order valence-electron chi connectivity index (χ3n) is 4.02. The fraction of sp³-hybridized carbons (Fsp3) is 0.158. The standard InChI is InChI=1S/C19H18FN3O3/c1-23-17(13-5-3-2-4-6-13)22-15(16(24)19(23)26)18(25)21-11-12-7-9-14(20)10-8-12/h2-10,19,24,26H,11H2,1H3,(H,21,25). The highest BCUT2D eigenvalue weighted by Gasteiger charge is 2.31. The molecule has 3 rings (SSSR count). The number of rotatable bonds is 4. The molecule has 0 radical (unpaired) electrons. The van der Waals surface area contributed by atoms with Crippen molar-refractivity contribution < 1.29 is 19.4 Å². The Morgan fingerprint density at radius 3 is 2.50 bits per heavy atom. The molecule has 0 saturated carbocycles. The van der Waals surface area contributed by atoms with Crippen molar-refractivity contribution in [1.82, 2.24) is 10.2 Å². The molecule has 1 aliphatic heterocycles. The van der Waals surface area contributed by atoms with Gasteiger partial charge >= 0.3 is 0 Å². The molecule has 1 aliphatic rings. The minimum absolute atomic E-state index is 0.137. The first-order valence-corrected chi connectivity index (χ1v) is 7.98. The quantitative estimate of drug-likeness (QED) is 0.782. The average Bonchev–Trinajstić information content (AvgIpc) is 2.66. The van der Waals surface area contributed by atoms with E-state index in [2.05, 4.69) is 10.3 Å². The number of carbonyl (C=O) groups excluding carboxylic acids is 1. The highest BCUT2D eigenvalue weighted by Crippen LogP contribution is 2.21. The molecule has 0 aliphatic carbocycles. The minimum atomic E-state index is -1.38. The number of aliphatic hydroxyl groups is 2. The summed E-state index contributed by atoms with van der Waals surface area (Å²) in [6, 6.07) is 14.7. The van der Waals surface area contributed by atoms with Crippen LogP contribution in [-0.4, -0.2) is 40.1 Å². The van der Waals surface area contributed by atoms with Gasteiger partial charge in [0.05, 0.1) is 0 Å². The Kier molecular flexibility index (Phi) is 4.99. The Bertz CT molecular complexity index is 863. The van der Waals surface area contributed by atoms with Crippen molar-refractivity contribution in [2.45, 2.75) is 12.8 Å². The normalized spacial score (nSPS) is 17.1. The maximum absolute atomic E-state index is 12.9. The number of likely N-dealkylation sites (N-methyl/N-ethyl adjacent to an activating group) is 1. The molecular weight excluding hydrogens is 337 g/mol. The second kappa shape index (κ2) is 7.37. The van der Waals surface area contributed by atoms with E-state index in [0.29, 0.717) is 17.0 Å². The van der Waals surface area contributed by atoms with Gasteiger partial charge in [0.15, 0.2) is 17.7 Å². The fourth-order valence-corrected chi connectivity index (χ4v) is 2.55. The number of halogens is 1. The molecule has 1 amide bonds. The van der Waals surface area contributed by atoms with Gasteiger partial charge in [0.25, 0.3) is 5.91 Å². The molecule has 0 spiro atoms. The summed E-state index contributed by atoms with van der Waals surface area (Å²) in [4.78, 5) is 18.0. The highest BCUT2D eigenvalue weighted by molar-refractivity contribution is 6.05. The highest BCUT2D eigenvalue weighted by atomic mass is 19.1. The number of benzene rings is 2. The fourth-order valence-electron chi connectivity index (χ4n) is 2.55. The van der Waals surface area contributed by atoms with Gasteiger partial charge in [-0.15, -0.1) is 0 Å². The lowest BCUT2D eigenvalue weighted by atomic mass is 10.1. The second-order valence-corrected chi connectivity index (χ2v) is 5.83. The van der Waals surface area contributed by atoms with Gasteiger partial charge in [0.2, 0.25) is 0 Å². The first-order valence-electron chi connectivity index (χ1n) is 7.98. The number of aliphatic hydroxyl groups excluding tert-OH is 2. The molecule has 0 fully saturated rings. The zero-order chi connectivity index (χ0) is 18.7. The summed E-state index contributed by atoms with van der Waals surface area (Å²) in [6.45, 7) is 0.137. The van der Waals surface area contributed by atoms with Gasteiger partial charge in [0.1, 0.15) is 11.7 Å². The Hall–Kier alpha value is -3.19. The van der Waals surface area contributed by atoms with Gasteiger partial charge < -0.3 is 20.4 Å². The molecule has 7 heteroatoms. The van der Waals surface area contributed by atoms with E-state index < -0.39 is 17.9 Å². The van der Waals surface area contributed by atoms with Gasteiger partial charge in [-0.2, -0.15) is 0 Å². The van der Waals surface area contributed by atoms with Crippen molar-refractivity contribution in [1.29, 1.82) is 0 Å². The first-order chi connectivity index (χ1) is 12.5. The molecule has 2 aromatic rings. The lowest BCUT2D eigenvalue weighted by molar-refractivity contribution is -0.118. The lowest BCUT2D eigenvalue weighted by Gasteiger charge is -2.30. The second-order valence-electron chi connectivity index (χ2n) is 5.83. The van der Waals surface area contributed by atoms with Crippen molar-refractivity contribution in [2.75, 3.05) is 7.05 Å². The summed E-state index contributed by atoms with van der Waals surface area (Å²) in [6.07, 6.45) is -1.38. The van der Waals surface area contributed by atoms with Gasteiger partial charge in [0, 0.05) is 19.2 Å². The van der Waals surface area contributed by atoms with Crippen molar-refractivity contribution in [3.63, 3.8) is 0 Å². The van der Waals surface area contributed by atoms with Crippen LogP contribution in [0.3, 0.4) is 0 Å². The third kappa shape index (κ3) is 3.57. The molecule has 134 valence electrons. The predicted octanol–water partition coefficient (Wildman–Crippen LogP) is 1.92. The number of nitrogens with one attached hydrogen (secondary N) is 1. The van der Waals surface area contributed by atoms with Crippen LogP contribution in [0.4, 0.5) is 4.39 Å². The number of hydrogen-bond acceptors (Lipinski definition) is 5. The Morgan fingerprint density at radius 1 is 1.19 bits per heavy atom. The number of carbonyl (C=O) groups is 1. The topological polar surface area (TPSA) is 85.2 Å². The van der Waals surface area contributed by atoms with Crippen LogP contribution < -0.4 is 5.32 Å². The smallest absolute Gasteiger partial charge is 0.273 e. The lowest BCUT2D eigenvalue weighted by Crippen LogP contribution is -2.43. The first kappa shape index (κ1) is 17.6.